The number of carbonyl (C=O) groups excluding carboxylic acids is 1. The maximum Gasteiger partial charge on any atom is 0.137 e. The highest BCUT2D eigenvalue weighted by Gasteiger charge is 2.53. The fourth-order valence-electron chi connectivity index (χ4n) is 4.02. The zero-order valence-electron chi connectivity index (χ0n) is 11.0. The van der Waals surface area contributed by atoms with Crippen molar-refractivity contribution >= 4 is 5.78 Å². The summed E-state index contributed by atoms with van der Waals surface area (Å²) in [6, 6.07) is 0. The van der Waals surface area contributed by atoms with Crippen molar-refractivity contribution in [3.63, 3.8) is 0 Å². The van der Waals surface area contributed by atoms with Gasteiger partial charge in [-0.3, -0.25) is 4.79 Å². The van der Waals surface area contributed by atoms with Crippen molar-refractivity contribution in [1.29, 1.82) is 0 Å². The van der Waals surface area contributed by atoms with Crippen molar-refractivity contribution in [2.45, 2.75) is 53.4 Å². The van der Waals surface area contributed by atoms with Crippen molar-refractivity contribution in [2.75, 3.05) is 0 Å². The van der Waals surface area contributed by atoms with E-state index in [1.165, 1.54) is 18.4 Å². The van der Waals surface area contributed by atoms with Gasteiger partial charge >= 0.3 is 0 Å². The molecule has 0 saturated heterocycles. The number of allylic oxidation sites excluding steroid dienone is 2. The highest BCUT2D eigenvalue weighted by Crippen LogP contribution is 2.56. The van der Waals surface area contributed by atoms with Crippen LogP contribution in [0.25, 0.3) is 0 Å². The van der Waals surface area contributed by atoms with Crippen molar-refractivity contribution < 1.29 is 4.79 Å². The van der Waals surface area contributed by atoms with E-state index in [4.69, 9.17) is 0 Å². The lowest BCUT2D eigenvalue weighted by Crippen LogP contribution is -2.37. The SMILES string of the molecule is CC1=CCC2(CC1)[C@@H](C)CC(=O)[C@H]2C(C)C. The number of carbonyl (C=O) groups is 1. The molecule has 1 fully saturated rings. The minimum atomic E-state index is 0.296. The minimum Gasteiger partial charge on any atom is -0.299 e. The van der Waals surface area contributed by atoms with E-state index in [9.17, 15) is 4.79 Å². The van der Waals surface area contributed by atoms with Gasteiger partial charge in [0.2, 0.25) is 0 Å². The van der Waals surface area contributed by atoms with Crippen molar-refractivity contribution in [2.24, 2.45) is 23.2 Å². The maximum atomic E-state index is 12.2. The van der Waals surface area contributed by atoms with E-state index in [1.807, 2.05) is 0 Å². The van der Waals surface area contributed by atoms with Crippen LogP contribution in [-0.2, 0) is 4.79 Å². The molecule has 1 unspecified atom stereocenters. The smallest absolute Gasteiger partial charge is 0.137 e. The van der Waals surface area contributed by atoms with Crippen LogP contribution in [0.5, 0.6) is 0 Å². The van der Waals surface area contributed by atoms with E-state index in [0.717, 1.165) is 12.8 Å². The Bertz CT molecular complexity index is 326. The summed E-state index contributed by atoms with van der Waals surface area (Å²) in [4.78, 5) is 12.2. The van der Waals surface area contributed by atoms with Gasteiger partial charge in [-0.2, -0.15) is 0 Å². The molecule has 0 amide bonds. The molecule has 0 aromatic heterocycles. The average molecular weight is 220 g/mol. The van der Waals surface area contributed by atoms with Gasteiger partial charge < -0.3 is 0 Å². The highest BCUT2D eigenvalue weighted by molar-refractivity contribution is 5.85. The van der Waals surface area contributed by atoms with Gasteiger partial charge in [-0.1, -0.05) is 32.4 Å². The Morgan fingerprint density at radius 3 is 2.62 bits per heavy atom. The van der Waals surface area contributed by atoms with Crippen LogP contribution in [0.3, 0.4) is 0 Å². The first-order valence-corrected chi connectivity index (χ1v) is 6.65. The lowest BCUT2D eigenvalue weighted by atomic mass is 9.61. The third-order valence-electron chi connectivity index (χ3n) is 4.94. The molecule has 0 aromatic carbocycles. The molecular formula is C15H24O. The second-order valence-corrected chi connectivity index (χ2v) is 6.28. The van der Waals surface area contributed by atoms with Gasteiger partial charge in [0.15, 0.2) is 0 Å². The zero-order valence-corrected chi connectivity index (χ0v) is 11.0. The lowest BCUT2D eigenvalue weighted by molar-refractivity contribution is -0.124. The van der Waals surface area contributed by atoms with Crippen LogP contribution in [0, 0.1) is 23.2 Å². The predicted octanol–water partition coefficient (Wildman–Crippen LogP) is 3.98. The molecule has 1 heteroatoms. The summed E-state index contributed by atoms with van der Waals surface area (Å²) in [5, 5.41) is 0. The van der Waals surface area contributed by atoms with Crippen LogP contribution in [0.4, 0.5) is 0 Å². The second kappa shape index (κ2) is 4.01. The summed E-state index contributed by atoms with van der Waals surface area (Å²) in [6.45, 7) is 8.94. The van der Waals surface area contributed by atoms with Crippen LogP contribution in [-0.4, -0.2) is 5.78 Å². The Labute approximate surface area is 99.3 Å². The third-order valence-corrected chi connectivity index (χ3v) is 4.94. The topological polar surface area (TPSA) is 17.1 Å². The Kier molecular flexibility index (Phi) is 2.98. The summed E-state index contributed by atoms with van der Waals surface area (Å²) in [7, 11) is 0. The van der Waals surface area contributed by atoms with Crippen LogP contribution < -0.4 is 0 Å². The summed E-state index contributed by atoms with van der Waals surface area (Å²) in [6.07, 6.45) is 6.75. The summed E-state index contributed by atoms with van der Waals surface area (Å²) >= 11 is 0. The van der Waals surface area contributed by atoms with Crippen LogP contribution in [0.15, 0.2) is 11.6 Å². The van der Waals surface area contributed by atoms with Gasteiger partial charge in [0.25, 0.3) is 0 Å². The standard InChI is InChI=1S/C15H24O/c1-10(2)14-13(16)9-12(4)15(14)7-5-11(3)6-8-15/h5,10,12,14H,6-9H2,1-4H3/t12-,14+,15?/m0/s1. The molecule has 2 aliphatic rings. The molecule has 0 heterocycles. The normalized spacial score (nSPS) is 39.6. The molecular weight excluding hydrogens is 196 g/mol. The summed E-state index contributed by atoms with van der Waals surface area (Å²) in [5.41, 5.74) is 1.81. The first kappa shape index (κ1) is 11.9. The van der Waals surface area contributed by atoms with Gasteiger partial charge in [-0.05, 0) is 43.4 Å². The molecule has 2 aliphatic carbocycles. The number of ketones is 1. The molecule has 1 spiro atoms. The first-order chi connectivity index (χ1) is 7.47. The first-order valence-electron chi connectivity index (χ1n) is 6.65. The largest absolute Gasteiger partial charge is 0.299 e. The summed E-state index contributed by atoms with van der Waals surface area (Å²) in [5.74, 6) is 1.92. The molecule has 0 N–H and O–H groups in total. The Morgan fingerprint density at radius 2 is 2.12 bits per heavy atom. The monoisotopic (exact) mass is 220 g/mol. The molecule has 3 atom stereocenters. The molecule has 2 rings (SSSR count). The fraction of sp³-hybridized carbons (Fsp3) is 0.800. The van der Waals surface area contributed by atoms with E-state index in [1.54, 1.807) is 0 Å². The van der Waals surface area contributed by atoms with Crippen molar-refractivity contribution in [3.05, 3.63) is 11.6 Å². The quantitative estimate of drug-likeness (QED) is 0.611. The van der Waals surface area contributed by atoms with E-state index in [0.29, 0.717) is 29.0 Å². The van der Waals surface area contributed by atoms with E-state index < -0.39 is 0 Å². The van der Waals surface area contributed by atoms with E-state index in [2.05, 4.69) is 33.8 Å². The lowest BCUT2D eigenvalue weighted by Gasteiger charge is -2.42. The Morgan fingerprint density at radius 1 is 1.44 bits per heavy atom. The number of Topliss-reactive ketones (excluding diaryl/α,β-unsaturated/α-hetero) is 1. The predicted molar refractivity (Wildman–Crippen MR) is 67.2 cm³/mol. The average Bonchev–Trinajstić information content (AvgIpc) is 2.43. The molecule has 0 radical (unpaired) electrons. The number of hydrogen-bond donors (Lipinski definition) is 0. The van der Waals surface area contributed by atoms with E-state index in [-0.39, 0.29) is 0 Å². The number of rotatable bonds is 1. The fourth-order valence-corrected chi connectivity index (χ4v) is 4.02. The summed E-state index contributed by atoms with van der Waals surface area (Å²) < 4.78 is 0. The van der Waals surface area contributed by atoms with Crippen LogP contribution in [0.1, 0.15) is 53.4 Å². The van der Waals surface area contributed by atoms with Gasteiger partial charge in [0.1, 0.15) is 5.78 Å². The number of hydrogen-bond acceptors (Lipinski definition) is 1. The van der Waals surface area contributed by atoms with E-state index >= 15 is 0 Å². The Hall–Kier alpha value is -0.590. The van der Waals surface area contributed by atoms with Gasteiger partial charge in [-0.15, -0.1) is 0 Å². The second-order valence-electron chi connectivity index (χ2n) is 6.28. The zero-order chi connectivity index (χ0) is 11.9. The van der Waals surface area contributed by atoms with Crippen LogP contribution in [0.2, 0.25) is 0 Å². The maximum absolute atomic E-state index is 12.2. The molecule has 1 saturated carbocycles. The minimum absolute atomic E-state index is 0.296. The van der Waals surface area contributed by atoms with Crippen LogP contribution >= 0.6 is 0 Å². The third kappa shape index (κ3) is 1.65. The van der Waals surface area contributed by atoms with Gasteiger partial charge in [-0.25, -0.2) is 0 Å². The molecule has 1 nitrogen and oxygen atoms in total. The molecule has 16 heavy (non-hydrogen) atoms. The molecule has 90 valence electrons. The Balaban J connectivity index is 2.33. The van der Waals surface area contributed by atoms with Gasteiger partial charge in [0, 0.05) is 12.3 Å². The van der Waals surface area contributed by atoms with Gasteiger partial charge in [0.05, 0.1) is 0 Å². The molecule has 0 bridgehead atoms. The van der Waals surface area contributed by atoms with Crippen molar-refractivity contribution in [3.8, 4) is 0 Å². The highest BCUT2D eigenvalue weighted by atomic mass is 16.1. The molecule has 0 aliphatic heterocycles. The molecule has 0 aromatic rings. The van der Waals surface area contributed by atoms with Crippen molar-refractivity contribution in [1.82, 2.24) is 0 Å².